The average molecular weight is 1190 g/mol. The number of methoxy groups -OCH3 is 4. The number of hydrogen-bond donors (Lipinski definition) is 4. The Morgan fingerprint density at radius 1 is 0.471 bits per heavy atom. The Morgan fingerprint density at radius 2 is 0.847 bits per heavy atom. The molecule has 4 unspecified atom stereocenters. The van der Waals surface area contributed by atoms with Crippen LogP contribution in [0, 0.1) is 32.6 Å². The molecule has 4 bridgehead atoms. The number of amides is 4. The van der Waals surface area contributed by atoms with E-state index >= 15 is 0 Å². The van der Waals surface area contributed by atoms with Gasteiger partial charge in [-0.1, -0.05) is 50.7 Å². The molecule has 4 atom stereocenters. The van der Waals surface area contributed by atoms with Gasteiger partial charge in [-0.3, -0.25) is 19.2 Å². The largest absolute Gasteiger partial charge is 0.466 e. The number of carbonyl (C=O) groups excluding carboxylic acids is 12. The number of aryl methyl sites for hydroxylation is 3. The number of nitrogens with one attached hydrogen (secondary N) is 4. The zero-order valence-corrected chi connectivity index (χ0v) is 48.2. The van der Waals surface area contributed by atoms with Crippen LogP contribution in [0.25, 0.3) is 0 Å². The maximum atomic E-state index is 12.6. The van der Waals surface area contributed by atoms with Gasteiger partial charge in [0.1, 0.15) is 45.4 Å². The van der Waals surface area contributed by atoms with Crippen molar-refractivity contribution < 1.29 is 94.8 Å². The van der Waals surface area contributed by atoms with Crippen LogP contribution in [-0.4, -0.2) is 124 Å². The molecule has 0 saturated heterocycles. The molecule has 24 nitrogen and oxygen atoms in total. The summed E-state index contributed by atoms with van der Waals surface area (Å²) in [4.78, 5) is 126. The molecular weight excluding hydrogens is 1110 g/mol. The zero-order chi connectivity index (χ0) is 62.4. The number of esters is 4. The fourth-order valence-corrected chi connectivity index (χ4v) is 8.40. The summed E-state index contributed by atoms with van der Waals surface area (Å²) in [6.45, 7) is 14.5. The van der Waals surface area contributed by atoms with E-state index in [1.165, 1.54) is 34.0 Å². The van der Waals surface area contributed by atoms with Gasteiger partial charge in [-0.05, 0) is 121 Å². The lowest BCUT2D eigenvalue weighted by Crippen LogP contribution is -2.44. The lowest BCUT2D eigenvalue weighted by atomic mass is 9.82. The number of fused-ring (bicyclic) bond motifs is 4. The van der Waals surface area contributed by atoms with Crippen molar-refractivity contribution in [3.05, 3.63) is 130 Å². The van der Waals surface area contributed by atoms with Crippen LogP contribution in [0.2, 0.25) is 0 Å². The average Bonchev–Trinajstić information content (AvgIpc) is 2.04. The highest BCUT2D eigenvalue weighted by molar-refractivity contribution is 6.06. The standard InChI is InChI=1S/C27H34N2O8.C17H22N2O4.C7H8.C6H6O4.2CO2.2CH4/c1-16-17(2)26(12-10-24(16,3)36-26)14-28-18(30)8-7-9-19(31)29-15-27-13-11-25(4,37-27)20(22(32)34-5)21(27)23(33)35-6;1-12-6-8-14(22-12)10-18-16(20)4-3-5-17(21)19-11-15-9-7-13(2)23-15;1-7-5-3-2-4-6-7;1-9-5(7)3-4-6(8)10-2;2*2-1-3;;/h10-13H,7-9,14-15H2,1-6H3,(H,28,30)(H,29,31);6-9H,3-5,10-11H2,1-2H3,(H,18,20)(H,19,21);2-6H,1H3;1-2H3;;;2*1H4. The molecule has 2 aromatic heterocycles. The summed E-state index contributed by atoms with van der Waals surface area (Å²) in [5, 5.41) is 11.2. The predicted molar refractivity (Wildman–Crippen MR) is 303 cm³/mol. The van der Waals surface area contributed by atoms with Crippen molar-refractivity contribution in [3.63, 3.8) is 0 Å². The van der Waals surface area contributed by atoms with Crippen molar-refractivity contribution in [3.8, 4) is 11.8 Å². The minimum absolute atomic E-state index is 0. The van der Waals surface area contributed by atoms with Crippen LogP contribution in [0.4, 0.5) is 0 Å². The maximum absolute atomic E-state index is 12.6. The molecule has 3 aromatic rings. The van der Waals surface area contributed by atoms with Crippen molar-refractivity contribution in [1.29, 1.82) is 0 Å². The van der Waals surface area contributed by atoms with Crippen molar-refractivity contribution in [1.82, 2.24) is 21.3 Å². The topological polar surface area (TPSA) is 335 Å². The molecule has 4 amide bonds. The molecule has 0 saturated carbocycles. The first-order valence-electron chi connectivity index (χ1n) is 25.6. The lowest BCUT2D eigenvalue weighted by Gasteiger charge is -2.26. The molecule has 4 aliphatic rings. The number of ether oxygens (including phenoxy) is 6. The van der Waals surface area contributed by atoms with E-state index in [4.69, 9.17) is 47.0 Å². The molecule has 0 spiro atoms. The van der Waals surface area contributed by atoms with Crippen LogP contribution < -0.4 is 21.3 Å². The van der Waals surface area contributed by atoms with Crippen LogP contribution in [0.1, 0.15) is 110 Å². The zero-order valence-electron chi connectivity index (χ0n) is 48.2. The van der Waals surface area contributed by atoms with Crippen LogP contribution in [0.15, 0.2) is 110 Å². The SMILES string of the molecule is C.C.COC(=O)C#CC(=O)OC.COC(=O)C1=C(C(=O)OC)C2(CNC(=O)CCCC(=O)NCC34C=CC(C)(O3)C(C)=C4C)C=CC1(C)O2.Cc1ccc(CNC(=O)CCCC(=O)NCc2ccc(C)o2)o1.Cc1ccccc1.O=C=O.O=C=O. The number of rotatable bonds is 18. The third-order valence-corrected chi connectivity index (χ3v) is 12.8. The van der Waals surface area contributed by atoms with E-state index in [1.807, 2.05) is 101 Å². The summed E-state index contributed by atoms with van der Waals surface area (Å²) in [5.41, 5.74) is 0.126. The van der Waals surface area contributed by atoms with E-state index in [-0.39, 0.29) is 81.3 Å². The summed E-state index contributed by atoms with van der Waals surface area (Å²) in [6.07, 6.45) is 9.57. The van der Waals surface area contributed by atoms with Crippen LogP contribution in [0.5, 0.6) is 0 Å². The second kappa shape index (κ2) is 37.0. The first-order chi connectivity index (χ1) is 39.3. The molecule has 0 fully saturated rings. The van der Waals surface area contributed by atoms with E-state index in [2.05, 4.69) is 49.8 Å². The number of hydrogen-bond acceptors (Lipinski definition) is 20. The van der Waals surface area contributed by atoms with E-state index < -0.39 is 46.3 Å². The van der Waals surface area contributed by atoms with E-state index in [0.717, 1.165) is 34.2 Å². The quantitative estimate of drug-likeness (QED) is 0.0396. The van der Waals surface area contributed by atoms with Crippen molar-refractivity contribution in [2.24, 2.45) is 0 Å². The third-order valence-electron chi connectivity index (χ3n) is 12.8. The van der Waals surface area contributed by atoms with Gasteiger partial charge in [0.15, 0.2) is 0 Å². The van der Waals surface area contributed by atoms with E-state index in [1.54, 1.807) is 19.1 Å². The molecule has 24 heteroatoms. The Bertz CT molecular complexity index is 2950. The minimum Gasteiger partial charge on any atom is -0.466 e. The summed E-state index contributed by atoms with van der Waals surface area (Å²) < 4.78 is 41.0. The van der Waals surface area contributed by atoms with Crippen molar-refractivity contribution in [2.45, 2.75) is 137 Å². The smallest absolute Gasteiger partial charge is 0.384 e. The Morgan fingerprint density at radius 3 is 1.20 bits per heavy atom. The van der Waals surface area contributed by atoms with Gasteiger partial charge in [0.05, 0.1) is 65.8 Å². The molecule has 1 aromatic carbocycles. The molecule has 7 rings (SSSR count). The highest BCUT2D eigenvalue weighted by Crippen LogP contribution is 2.51. The second-order valence-corrected chi connectivity index (χ2v) is 18.7. The van der Waals surface area contributed by atoms with Gasteiger partial charge >= 0.3 is 36.2 Å². The monoisotopic (exact) mass is 1190 g/mol. The summed E-state index contributed by atoms with van der Waals surface area (Å²) >= 11 is 0. The fraction of sp³-hybridized carbons (Fsp3) is 0.443. The molecule has 6 heterocycles. The van der Waals surface area contributed by atoms with Crippen LogP contribution in [0.3, 0.4) is 0 Å². The normalized spacial score (nSPS) is 18.9. The minimum atomic E-state index is -1.34. The first-order valence-corrected chi connectivity index (χ1v) is 25.6. The summed E-state index contributed by atoms with van der Waals surface area (Å²) in [7, 11) is 4.77. The summed E-state index contributed by atoms with van der Waals surface area (Å²) in [6, 6.07) is 17.6. The van der Waals surface area contributed by atoms with Gasteiger partial charge in [-0.2, -0.15) is 19.2 Å². The van der Waals surface area contributed by atoms with Gasteiger partial charge in [-0.15, -0.1) is 0 Å². The third kappa shape index (κ3) is 23.5. The van der Waals surface area contributed by atoms with Crippen molar-refractivity contribution in [2.75, 3.05) is 41.5 Å². The molecule has 4 N–H and O–H groups in total. The highest BCUT2D eigenvalue weighted by Gasteiger charge is 2.60. The second-order valence-electron chi connectivity index (χ2n) is 18.7. The highest BCUT2D eigenvalue weighted by atomic mass is 16.6. The van der Waals surface area contributed by atoms with Crippen LogP contribution in [-0.2, 0) is 99.0 Å². The van der Waals surface area contributed by atoms with Gasteiger partial charge in [0.2, 0.25) is 23.6 Å². The van der Waals surface area contributed by atoms with Gasteiger partial charge in [0.25, 0.3) is 0 Å². The maximum Gasteiger partial charge on any atom is 0.384 e. The summed E-state index contributed by atoms with van der Waals surface area (Å²) in [5.74, 6) is 3.26. The van der Waals surface area contributed by atoms with Gasteiger partial charge in [0, 0.05) is 37.5 Å². The Labute approximate surface area is 494 Å². The number of furan rings is 2. The van der Waals surface area contributed by atoms with E-state index in [9.17, 15) is 38.4 Å². The van der Waals surface area contributed by atoms with Gasteiger partial charge in [-0.25, -0.2) is 19.2 Å². The molecule has 85 heavy (non-hydrogen) atoms. The molecule has 0 radical (unpaired) electrons. The molecule has 0 aliphatic carbocycles. The number of carbonyl (C=O) groups is 8. The Hall–Kier alpha value is -9.26. The molecule has 462 valence electrons. The lowest BCUT2D eigenvalue weighted by molar-refractivity contribution is -0.193. The van der Waals surface area contributed by atoms with E-state index in [0.29, 0.717) is 45.3 Å². The van der Waals surface area contributed by atoms with Crippen molar-refractivity contribution >= 4 is 59.8 Å². The molecular formula is C61H78N4O20. The number of benzene rings is 1. The Kier molecular flexibility index (Phi) is 33.0. The predicted octanol–water partition coefficient (Wildman–Crippen LogP) is 5.59. The Balaban J connectivity index is 0.00000124. The first kappa shape index (κ1) is 75.7. The molecule has 4 aliphatic heterocycles. The van der Waals surface area contributed by atoms with Crippen LogP contribution >= 0.6 is 0 Å². The fourth-order valence-electron chi connectivity index (χ4n) is 8.40. The van der Waals surface area contributed by atoms with Gasteiger partial charge < -0.3 is 58.5 Å².